The van der Waals surface area contributed by atoms with E-state index in [-0.39, 0.29) is 4.90 Å². The van der Waals surface area contributed by atoms with Crippen molar-refractivity contribution in [3.05, 3.63) is 29.8 Å². The lowest BCUT2D eigenvalue weighted by Gasteiger charge is -2.04. The molecule has 1 aromatic rings. The summed E-state index contributed by atoms with van der Waals surface area (Å²) in [6.45, 7) is 4.05. The maximum absolute atomic E-state index is 11.8. The number of benzene rings is 1. The van der Waals surface area contributed by atoms with Gasteiger partial charge in [-0.2, -0.15) is 0 Å². The van der Waals surface area contributed by atoms with Crippen molar-refractivity contribution in [1.82, 2.24) is 5.32 Å². The third-order valence-electron chi connectivity index (χ3n) is 2.08. The number of hydrogen-bond donors (Lipinski definition) is 1. The van der Waals surface area contributed by atoms with Crippen molar-refractivity contribution >= 4 is 15.7 Å². The summed E-state index contributed by atoms with van der Waals surface area (Å²) in [6, 6.07) is 6.46. The van der Waals surface area contributed by atoms with Crippen molar-refractivity contribution in [1.29, 1.82) is 0 Å². The minimum absolute atomic E-state index is 0.185. The van der Waals surface area contributed by atoms with E-state index in [0.29, 0.717) is 6.54 Å². The molecular weight excluding hydrogens is 226 g/mol. The molecule has 0 fully saturated rings. The molecule has 0 spiro atoms. The number of nitrogens with one attached hydrogen (secondary N) is 1. The first-order valence-electron chi connectivity index (χ1n) is 5.02. The smallest absolute Gasteiger partial charge is 0.235 e. The molecule has 1 N–H and O–H groups in total. The van der Waals surface area contributed by atoms with Crippen LogP contribution in [0.3, 0.4) is 0 Å². The topological polar surface area (TPSA) is 63.2 Å². The zero-order valence-corrected chi connectivity index (χ0v) is 10.2. The normalized spacial score (nSPS) is 11.1. The van der Waals surface area contributed by atoms with Gasteiger partial charge in [0.1, 0.15) is 5.75 Å². The van der Waals surface area contributed by atoms with Gasteiger partial charge in [0.2, 0.25) is 5.91 Å². The number of hydrogen-bond acceptors (Lipinski definition) is 3. The molecule has 0 aromatic heterocycles. The van der Waals surface area contributed by atoms with Crippen molar-refractivity contribution in [3.8, 4) is 0 Å². The highest BCUT2D eigenvalue weighted by Crippen LogP contribution is 2.11. The summed E-state index contributed by atoms with van der Waals surface area (Å²) < 4.78 is 23.5. The van der Waals surface area contributed by atoms with E-state index in [4.69, 9.17) is 0 Å². The van der Waals surface area contributed by atoms with Gasteiger partial charge in [-0.15, -0.1) is 0 Å². The minimum atomic E-state index is -3.51. The van der Waals surface area contributed by atoms with Crippen LogP contribution in [-0.2, 0) is 14.6 Å². The first-order chi connectivity index (χ1) is 7.45. The fourth-order valence-corrected chi connectivity index (χ4v) is 2.41. The SMILES string of the molecule is CCNC(=O)CS(=O)(=O)c1ccc(C)cc1. The first-order valence-corrected chi connectivity index (χ1v) is 6.67. The van der Waals surface area contributed by atoms with Gasteiger partial charge in [-0.05, 0) is 26.0 Å². The van der Waals surface area contributed by atoms with Crippen molar-refractivity contribution in [3.63, 3.8) is 0 Å². The van der Waals surface area contributed by atoms with E-state index in [1.54, 1.807) is 19.1 Å². The van der Waals surface area contributed by atoms with Gasteiger partial charge in [0.05, 0.1) is 4.90 Å². The van der Waals surface area contributed by atoms with Gasteiger partial charge in [-0.1, -0.05) is 17.7 Å². The van der Waals surface area contributed by atoms with E-state index in [9.17, 15) is 13.2 Å². The second kappa shape index (κ2) is 5.12. The molecule has 0 radical (unpaired) electrons. The third-order valence-corrected chi connectivity index (χ3v) is 3.71. The highest BCUT2D eigenvalue weighted by Gasteiger charge is 2.18. The monoisotopic (exact) mass is 241 g/mol. The lowest BCUT2D eigenvalue weighted by Crippen LogP contribution is -2.29. The lowest BCUT2D eigenvalue weighted by molar-refractivity contribution is -0.118. The van der Waals surface area contributed by atoms with E-state index in [1.807, 2.05) is 6.92 Å². The number of carbonyl (C=O) groups is 1. The molecule has 0 aliphatic carbocycles. The van der Waals surface area contributed by atoms with Crippen molar-refractivity contribution in [2.45, 2.75) is 18.7 Å². The molecule has 0 aliphatic rings. The molecule has 0 saturated carbocycles. The van der Waals surface area contributed by atoms with Crippen molar-refractivity contribution in [2.75, 3.05) is 12.3 Å². The molecule has 88 valence electrons. The summed E-state index contributed by atoms with van der Waals surface area (Å²) in [7, 11) is -3.51. The maximum Gasteiger partial charge on any atom is 0.235 e. The van der Waals surface area contributed by atoms with E-state index in [1.165, 1.54) is 12.1 Å². The van der Waals surface area contributed by atoms with Gasteiger partial charge in [0, 0.05) is 6.54 Å². The third kappa shape index (κ3) is 3.34. The Kier molecular flexibility index (Phi) is 4.06. The van der Waals surface area contributed by atoms with Crippen LogP contribution >= 0.6 is 0 Å². The van der Waals surface area contributed by atoms with Crippen LogP contribution in [0.1, 0.15) is 12.5 Å². The predicted octanol–water partition coefficient (Wildman–Crippen LogP) is 0.905. The molecule has 0 unspecified atom stereocenters. The molecule has 0 saturated heterocycles. The van der Waals surface area contributed by atoms with E-state index in [0.717, 1.165) is 5.56 Å². The largest absolute Gasteiger partial charge is 0.355 e. The van der Waals surface area contributed by atoms with Gasteiger partial charge in [0.15, 0.2) is 9.84 Å². The molecule has 0 aliphatic heterocycles. The Labute approximate surface area is 95.6 Å². The summed E-state index contributed by atoms with van der Waals surface area (Å²) in [4.78, 5) is 11.4. The van der Waals surface area contributed by atoms with Crippen LogP contribution in [0.15, 0.2) is 29.2 Å². The molecule has 0 atom stereocenters. The number of sulfone groups is 1. The zero-order valence-electron chi connectivity index (χ0n) is 9.36. The van der Waals surface area contributed by atoms with Crippen LogP contribution in [0.2, 0.25) is 0 Å². The van der Waals surface area contributed by atoms with Crippen LogP contribution in [0, 0.1) is 6.92 Å². The van der Waals surface area contributed by atoms with Crippen LogP contribution in [0.5, 0.6) is 0 Å². The molecule has 16 heavy (non-hydrogen) atoms. The number of aryl methyl sites for hydroxylation is 1. The predicted molar refractivity (Wildman–Crippen MR) is 61.9 cm³/mol. The van der Waals surface area contributed by atoms with Gasteiger partial charge in [-0.25, -0.2) is 8.42 Å². The molecule has 1 amide bonds. The summed E-state index contributed by atoms with van der Waals surface area (Å²) >= 11 is 0. The van der Waals surface area contributed by atoms with E-state index >= 15 is 0 Å². The lowest BCUT2D eigenvalue weighted by atomic mass is 10.2. The first kappa shape index (κ1) is 12.7. The van der Waals surface area contributed by atoms with Gasteiger partial charge < -0.3 is 5.32 Å². The Morgan fingerprint density at radius 2 is 1.81 bits per heavy atom. The molecule has 0 bridgehead atoms. The van der Waals surface area contributed by atoms with Crippen molar-refractivity contribution < 1.29 is 13.2 Å². The highest BCUT2D eigenvalue weighted by molar-refractivity contribution is 7.92. The van der Waals surface area contributed by atoms with Crippen LogP contribution in [0.25, 0.3) is 0 Å². The standard InChI is InChI=1S/C11H15NO3S/c1-3-12-11(13)8-16(14,15)10-6-4-9(2)5-7-10/h4-7H,3,8H2,1-2H3,(H,12,13). The van der Waals surface area contributed by atoms with Gasteiger partial charge >= 0.3 is 0 Å². The molecule has 5 heteroatoms. The van der Waals surface area contributed by atoms with Crippen LogP contribution in [0.4, 0.5) is 0 Å². The summed E-state index contributed by atoms with van der Waals surface area (Å²) in [6.07, 6.45) is 0. The molecule has 1 aromatic carbocycles. The van der Waals surface area contributed by atoms with E-state index in [2.05, 4.69) is 5.32 Å². The number of rotatable bonds is 4. The Morgan fingerprint density at radius 1 is 1.25 bits per heavy atom. The van der Waals surface area contributed by atoms with Gasteiger partial charge in [-0.3, -0.25) is 4.79 Å². The van der Waals surface area contributed by atoms with Gasteiger partial charge in [0.25, 0.3) is 0 Å². The molecular formula is C11H15NO3S. The maximum atomic E-state index is 11.8. The average molecular weight is 241 g/mol. The molecule has 1 rings (SSSR count). The number of amides is 1. The quantitative estimate of drug-likeness (QED) is 0.852. The average Bonchev–Trinajstić information content (AvgIpc) is 2.17. The Hall–Kier alpha value is -1.36. The van der Waals surface area contributed by atoms with Crippen LogP contribution < -0.4 is 5.32 Å². The Balaban J connectivity index is 2.86. The summed E-state index contributed by atoms with van der Waals surface area (Å²) in [5, 5.41) is 2.46. The van der Waals surface area contributed by atoms with Crippen LogP contribution in [-0.4, -0.2) is 26.6 Å². The fourth-order valence-electron chi connectivity index (χ4n) is 1.25. The summed E-state index contributed by atoms with van der Waals surface area (Å²) in [5.41, 5.74) is 0.983. The minimum Gasteiger partial charge on any atom is -0.355 e. The Bertz CT molecular complexity index is 463. The number of carbonyl (C=O) groups excluding carboxylic acids is 1. The molecule has 4 nitrogen and oxygen atoms in total. The second-order valence-corrected chi connectivity index (χ2v) is 5.52. The summed E-state index contributed by atoms with van der Waals surface area (Å²) in [5.74, 6) is -0.966. The van der Waals surface area contributed by atoms with E-state index < -0.39 is 21.5 Å². The molecule has 0 heterocycles. The second-order valence-electron chi connectivity index (χ2n) is 3.53. The fraction of sp³-hybridized carbons (Fsp3) is 0.364. The van der Waals surface area contributed by atoms with Crippen molar-refractivity contribution in [2.24, 2.45) is 0 Å². The zero-order chi connectivity index (χ0) is 12.2. The Morgan fingerprint density at radius 3 is 2.31 bits per heavy atom. The highest BCUT2D eigenvalue weighted by atomic mass is 32.2.